The van der Waals surface area contributed by atoms with Crippen molar-refractivity contribution >= 4 is 17.5 Å². The second kappa shape index (κ2) is 6.24. The quantitative estimate of drug-likeness (QED) is 0.922. The summed E-state index contributed by atoms with van der Waals surface area (Å²) in [5.41, 5.74) is 0.685. The van der Waals surface area contributed by atoms with Gasteiger partial charge in [0.25, 0.3) is 0 Å². The van der Waals surface area contributed by atoms with Crippen LogP contribution in [0.25, 0.3) is 0 Å². The topological polar surface area (TPSA) is 62.3 Å². The first-order valence-electron chi connectivity index (χ1n) is 7.45. The van der Waals surface area contributed by atoms with Gasteiger partial charge in [0.05, 0.1) is 11.9 Å². The van der Waals surface area contributed by atoms with Gasteiger partial charge in [0.2, 0.25) is 11.8 Å². The van der Waals surface area contributed by atoms with Crippen molar-refractivity contribution in [2.24, 2.45) is 11.8 Å². The van der Waals surface area contributed by atoms with E-state index in [1.165, 1.54) is 0 Å². The third-order valence-corrected chi connectivity index (χ3v) is 3.66. The van der Waals surface area contributed by atoms with Gasteiger partial charge in [-0.2, -0.15) is 0 Å². The molecule has 2 heterocycles. The lowest BCUT2D eigenvalue weighted by atomic mass is 9.93. The van der Waals surface area contributed by atoms with E-state index >= 15 is 0 Å². The SMILES string of the molecule is CC(C)CC1NC(=O)C(C(C)C)N(c2cccnc2)C1=O. The molecule has 2 atom stereocenters. The average Bonchev–Trinajstić information content (AvgIpc) is 2.42. The van der Waals surface area contributed by atoms with Crippen LogP contribution in [0.15, 0.2) is 24.5 Å². The monoisotopic (exact) mass is 289 g/mol. The van der Waals surface area contributed by atoms with Gasteiger partial charge in [-0.05, 0) is 30.4 Å². The van der Waals surface area contributed by atoms with Crippen molar-refractivity contribution in [1.82, 2.24) is 10.3 Å². The maximum absolute atomic E-state index is 12.8. The van der Waals surface area contributed by atoms with Crippen LogP contribution in [0.1, 0.15) is 34.1 Å². The van der Waals surface area contributed by atoms with Crippen LogP contribution in [0.3, 0.4) is 0 Å². The molecule has 0 saturated carbocycles. The third kappa shape index (κ3) is 3.23. The summed E-state index contributed by atoms with van der Waals surface area (Å²) in [5, 5.41) is 2.88. The number of nitrogens with one attached hydrogen (secondary N) is 1. The molecule has 0 bridgehead atoms. The number of piperazine rings is 1. The van der Waals surface area contributed by atoms with Crippen LogP contribution in [0.4, 0.5) is 5.69 Å². The van der Waals surface area contributed by atoms with Gasteiger partial charge in [-0.1, -0.05) is 27.7 Å². The normalized spacial score (nSPS) is 22.9. The van der Waals surface area contributed by atoms with Crippen molar-refractivity contribution in [2.45, 2.75) is 46.2 Å². The molecule has 1 aromatic rings. The first kappa shape index (κ1) is 15.5. The summed E-state index contributed by atoms with van der Waals surface area (Å²) in [6, 6.07) is 2.67. The minimum Gasteiger partial charge on any atom is -0.342 e. The first-order chi connectivity index (χ1) is 9.91. The van der Waals surface area contributed by atoms with Crippen molar-refractivity contribution in [1.29, 1.82) is 0 Å². The zero-order chi connectivity index (χ0) is 15.6. The number of carbonyl (C=O) groups is 2. The molecule has 1 fully saturated rings. The van der Waals surface area contributed by atoms with Gasteiger partial charge >= 0.3 is 0 Å². The summed E-state index contributed by atoms with van der Waals surface area (Å²) in [6.45, 7) is 7.98. The summed E-state index contributed by atoms with van der Waals surface area (Å²) in [6.07, 6.45) is 3.94. The zero-order valence-corrected chi connectivity index (χ0v) is 13.0. The minimum atomic E-state index is -0.481. The molecular formula is C16H23N3O2. The zero-order valence-electron chi connectivity index (χ0n) is 13.0. The van der Waals surface area contributed by atoms with Gasteiger partial charge in [0.15, 0.2) is 0 Å². The van der Waals surface area contributed by atoms with Crippen molar-refractivity contribution in [3.05, 3.63) is 24.5 Å². The minimum absolute atomic E-state index is 0.0363. The largest absolute Gasteiger partial charge is 0.342 e. The molecule has 0 aromatic carbocycles. The molecule has 1 aliphatic heterocycles. The van der Waals surface area contributed by atoms with Crippen molar-refractivity contribution < 1.29 is 9.59 Å². The van der Waals surface area contributed by atoms with Crippen molar-refractivity contribution in [3.8, 4) is 0 Å². The Balaban J connectivity index is 2.38. The Morgan fingerprint density at radius 2 is 2.00 bits per heavy atom. The van der Waals surface area contributed by atoms with Gasteiger partial charge in [0, 0.05) is 6.20 Å². The molecular weight excluding hydrogens is 266 g/mol. The lowest BCUT2D eigenvalue weighted by Crippen LogP contribution is -2.65. The predicted molar refractivity (Wildman–Crippen MR) is 81.7 cm³/mol. The lowest BCUT2D eigenvalue weighted by Gasteiger charge is -2.41. The van der Waals surface area contributed by atoms with E-state index in [1.807, 2.05) is 33.8 Å². The summed E-state index contributed by atoms with van der Waals surface area (Å²) >= 11 is 0. The van der Waals surface area contributed by atoms with Gasteiger partial charge in [-0.25, -0.2) is 0 Å². The average molecular weight is 289 g/mol. The van der Waals surface area contributed by atoms with Gasteiger partial charge < -0.3 is 5.32 Å². The van der Waals surface area contributed by atoms with Crippen molar-refractivity contribution in [2.75, 3.05) is 4.90 Å². The summed E-state index contributed by atoms with van der Waals surface area (Å²) < 4.78 is 0. The molecule has 21 heavy (non-hydrogen) atoms. The number of anilines is 1. The number of pyridine rings is 1. The van der Waals surface area contributed by atoms with Crippen LogP contribution in [-0.2, 0) is 9.59 Å². The van der Waals surface area contributed by atoms with Gasteiger partial charge in [-0.3, -0.25) is 19.5 Å². The first-order valence-corrected chi connectivity index (χ1v) is 7.45. The number of carbonyl (C=O) groups excluding carboxylic acids is 2. The molecule has 1 aliphatic rings. The van der Waals surface area contributed by atoms with E-state index in [2.05, 4.69) is 10.3 Å². The fourth-order valence-electron chi connectivity index (χ4n) is 2.76. The molecule has 1 saturated heterocycles. The summed E-state index contributed by atoms with van der Waals surface area (Å²) in [7, 11) is 0. The number of amides is 2. The highest BCUT2D eigenvalue weighted by atomic mass is 16.2. The molecule has 5 nitrogen and oxygen atoms in total. The van der Waals surface area contributed by atoms with E-state index in [4.69, 9.17) is 0 Å². The molecule has 5 heteroatoms. The van der Waals surface area contributed by atoms with E-state index in [9.17, 15) is 9.59 Å². The Morgan fingerprint density at radius 3 is 2.52 bits per heavy atom. The number of hydrogen-bond donors (Lipinski definition) is 1. The standard InChI is InChI=1S/C16H23N3O2/c1-10(2)8-13-16(21)19(12-6-5-7-17-9-12)14(11(3)4)15(20)18-13/h5-7,9-11,13-14H,8H2,1-4H3,(H,18,20). The van der Waals surface area contributed by atoms with Crippen LogP contribution in [0.2, 0.25) is 0 Å². The molecule has 1 aromatic heterocycles. The Hall–Kier alpha value is -1.91. The van der Waals surface area contributed by atoms with Crippen LogP contribution in [0.5, 0.6) is 0 Å². The second-order valence-corrected chi connectivity index (χ2v) is 6.30. The lowest BCUT2D eigenvalue weighted by molar-refractivity contribution is -0.135. The molecule has 1 N–H and O–H groups in total. The molecule has 0 aliphatic carbocycles. The number of nitrogens with zero attached hydrogens (tertiary/aromatic N) is 2. The summed E-state index contributed by atoms with van der Waals surface area (Å²) in [4.78, 5) is 30.9. The second-order valence-electron chi connectivity index (χ2n) is 6.30. The molecule has 2 unspecified atom stereocenters. The third-order valence-electron chi connectivity index (χ3n) is 3.66. The predicted octanol–water partition coefficient (Wildman–Crippen LogP) is 1.98. The Bertz CT molecular complexity index is 514. The van der Waals surface area contributed by atoms with E-state index in [1.54, 1.807) is 23.4 Å². The Kier molecular flexibility index (Phi) is 4.60. The fourth-order valence-corrected chi connectivity index (χ4v) is 2.76. The van der Waals surface area contributed by atoms with Crippen molar-refractivity contribution in [3.63, 3.8) is 0 Å². The smallest absolute Gasteiger partial charge is 0.250 e. The molecule has 0 spiro atoms. The maximum atomic E-state index is 12.8. The maximum Gasteiger partial charge on any atom is 0.250 e. The van der Waals surface area contributed by atoms with E-state index in [0.717, 1.165) is 0 Å². The Labute approximate surface area is 125 Å². The van der Waals surface area contributed by atoms with Crippen LogP contribution < -0.4 is 10.2 Å². The van der Waals surface area contributed by atoms with Crippen LogP contribution >= 0.6 is 0 Å². The van der Waals surface area contributed by atoms with E-state index in [0.29, 0.717) is 18.0 Å². The summed E-state index contributed by atoms with van der Waals surface area (Å²) in [5.74, 6) is 0.244. The molecule has 2 rings (SSSR count). The highest BCUT2D eigenvalue weighted by Crippen LogP contribution is 2.26. The van der Waals surface area contributed by atoms with Gasteiger partial charge in [-0.15, -0.1) is 0 Å². The van der Waals surface area contributed by atoms with Crippen LogP contribution in [-0.4, -0.2) is 28.9 Å². The number of aromatic nitrogens is 1. The number of rotatable bonds is 4. The van der Waals surface area contributed by atoms with Crippen LogP contribution in [0, 0.1) is 11.8 Å². The molecule has 114 valence electrons. The van der Waals surface area contributed by atoms with E-state index in [-0.39, 0.29) is 17.7 Å². The Morgan fingerprint density at radius 1 is 1.29 bits per heavy atom. The van der Waals surface area contributed by atoms with Gasteiger partial charge in [0.1, 0.15) is 12.1 Å². The van der Waals surface area contributed by atoms with E-state index < -0.39 is 12.1 Å². The number of hydrogen-bond acceptors (Lipinski definition) is 3. The molecule has 0 radical (unpaired) electrons. The highest BCUT2D eigenvalue weighted by molar-refractivity contribution is 6.08. The molecule has 2 amide bonds. The fraction of sp³-hybridized carbons (Fsp3) is 0.562. The highest BCUT2D eigenvalue weighted by Gasteiger charge is 2.42.